The van der Waals surface area contributed by atoms with E-state index in [9.17, 15) is 14.7 Å². The average Bonchev–Trinajstić information content (AvgIpc) is 3.20. The Labute approximate surface area is 201 Å². The smallest absolute Gasteiger partial charge is 0.408 e. The maximum absolute atomic E-state index is 12.3. The van der Waals surface area contributed by atoms with Gasteiger partial charge in [0.25, 0.3) is 0 Å². The van der Waals surface area contributed by atoms with E-state index in [-0.39, 0.29) is 5.92 Å². The molecule has 34 heavy (non-hydrogen) atoms. The highest BCUT2D eigenvalue weighted by atomic mass is 16.6. The Morgan fingerprint density at radius 2 is 1.79 bits per heavy atom. The molecule has 0 saturated carbocycles. The standard InChI is InChI=1S/C27H34N2O5/c1-27(2,3)34-26(32)28-24(25(30)31)22-11-10-20-8-9-21(16-23(20)22)19-6-4-18(5-7-19)17-29-12-14-33-15-13-29/h4-9,16,22,24H,10-15,17H2,1-3H3,(H,28,32)(H,30,31)/t22-,24+/m1/s1. The van der Waals surface area contributed by atoms with Crippen molar-refractivity contribution in [2.75, 3.05) is 26.3 Å². The number of hydrogen-bond acceptors (Lipinski definition) is 5. The lowest BCUT2D eigenvalue weighted by Gasteiger charge is -2.26. The van der Waals surface area contributed by atoms with Gasteiger partial charge in [0.15, 0.2) is 0 Å². The number of alkyl carbamates (subject to hydrolysis) is 1. The highest BCUT2D eigenvalue weighted by Crippen LogP contribution is 2.38. The number of hydrogen-bond donors (Lipinski definition) is 2. The Morgan fingerprint density at radius 3 is 2.44 bits per heavy atom. The number of aliphatic carboxylic acids is 1. The highest BCUT2D eigenvalue weighted by molar-refractivity contribution is 5.81. The third kappa shape index (κ3) is 5.96. The summed E-state index contributed by atoms with van der Waals surface area (Å²) in [6.45, 7) is 9.66. The van der Waals surface area contributed by atoms with Crippen LogP contribution in [-0.4, -0.2) is 60.0 Å². The number of benzene rings is 2. The molecule has 1 amide bonds. The van der Waals surface area contributed by atoms with E-state index in [0.717, 1.165) is 61.5 Å². The highest BCUT2D eigenvalue weighted by Gasteiger charge is 2.36. The normalized spacial score (nSPS) is 19.3. The topological polar surface area (TPSA) is 88.1 Å². The predicted molar refractivity (Wildman–Crippen MR) is 130 cm³/mol. The fraction of sp³-hybridized carbons (Fsp3) is 0.481. The van der Waals surface area contributed by atoms with E-state index in [4.69, 9.17) is 9.47 Å². The number of nitrogens with one attached hydrogen (secondary N) is 1. The minimum atomic E-state index is -1.05. The lowest BCUT2D eigenvalue weighted by atomic mass is 9.90. The number of carboxylic acid groups (broad SMARTS) is 1. The van der Waals surface area contributed by atoms with Crippen molar-refractivity contribution in [2.24, 2.45) is 0 Å². The molecule has 7 nitrogen and oxygen atoms in total. The molecule has 0 radical (unpaired) electrons. The van der Waals surface area contributed by atoms with Gasteiger partial charge in [-0.1, -0.05) is 42.5 Å². The molecule has 2 aromatic carbocycles. The molecule has 2 aromatic rings. The molecule has 0 unspecified atom stereocenters. The van der Waals surface area contributed by atoms with E-state index >= 15 is 0 Å². The van der Waals surface area contributed by atoms with Crippen molar-refractivity contribution in [1.29, 1.82) is 0 Å². The van der Waals surface area contributed by atoms with Gasteiger partial charge in [-0.2, -0.15) is 0 Å². The maximum atomic E-state index is 12.3. The summed E-state index contributed by atoms with van der Waals surface area (Å²) in [5, 5.41) is 12.5. The molecule has 182 valence electrons. The van der Waals surface area contributed by atoms with Crippen LogP contribution in [0.2, 0.25) is 0 Å². The minimum absolute atomic E-state index is 0.305. The van der Waals surface area contributed by atoms with E-state index in [1.165, 1.54) is 5.56 Å². The number of morpholine rings is 1. The molecule has 0 bridgehead atoms. The van der Waals surface area contributed by atoms with Crippen LogP contribution in [0.15, 0.2) is 42.5 Å². The first kappa shape index (κ1) is 24.2. The lowest BCUT2D eigenvalue weighted by Crippen LogP contribution is -2.46. The molecular formula is C27H34N2O5. The molecule has 1 saturated heterocycles. The van der Waals surface area contributed by atoms with Gasteiger partial charge < -0.3 is 19.9 Å². The molecule has 4 rings (SSSR count). The van der Waals surface area contributed by atoms with Gasteiger partial charge in [-0.3, -0.25) is 4.90 Å². The maximum Gasteiger partial charge on any atom is 0.408 e. The Balaban J connectivity index is 1.50. The van der Waals surface area contributed by atoms with Gasteiger partial charge in [0.1, 0.15) is 11.6 Å². The van der Waals surface area contributed by atoms with Crippen molar-refractivity contribution in [1.82, 2.24) is 10.2 Å². The quantitative estimate of drug-likeness (QED) is 0.664. The van der Waals surface area contributed by atoms with Crippen LogP contribution in [0.5, 0.6) is 0 Å². The van der Waals surface area contributed by atoms with Crippen LogP contribution in [0.3, 0.4) is 0 Å². The first-order chi connectivity index (χ1) is 16.2. The van der Waals surface area contributed by atoms with Crippen molar-refractivity contribution in [3.8, 4) is 11.1 Å². The summed E-state index contributed by atoms with van der Waals surface area (Å²) >= 11 is 0. The SMILES string of the molecule is CC(C)(C)OC(=O)N[C@H](C(=O)O)[C@@H]1CCc2ccc(-c3ccc(CN4CCOCC4)cc3)cc21. The van der Waals surface area contributed by atoms with Crippen LogP contribution in [0.1, 0.15) is 49.8 Å². The molecule has 7 heteroatoms. The molecule has 2 atom stereocenters. The van der Waals surface area contributed by atoms with Gasteiger partial charge in [0, 0.05) is 25.6 Å². The first-order valence-corrected chi connectivity index (χ1v) is 11.9. The Bertz CT molecular complexity index is 1020. The number of fused-ring (bicyclic) bond motifs is 1. The third-order valence-corrected chi connectivity index (χ3v) is 6.41. The summed E-state index contributed by atoms with van der Waals surface area (Å²) in [6, 6.07) is 13.8. The van der Waals surface area contributed by atoms with Crippen molar-refractivity contribution >= 4 is 12.1 Å². The number of carbonyl (C=O) groups is 2. The fourth-order valence-corrected chi connectivity index (χ4v) is 4.75. The summed E-state index contributed by atoms with van der Waals surface area (Å²) in [5.41, 5.74) is 4.82. The van der Waals surface area contributed by atoms with Crippen LogP contribution in [0, 0.1) is 0 Å². The van der Waals surface area contributed by atoms with E-state index in [0.29, 0.717) is 6.42 Å². The predicted octanol–water partition coefficient (Wildman–Crippen LogP) is 4.19. The monoisotopic (exact) mass is 466 g/mol. The van der Waals surface area contributed by atoms with Gasteiger partial charge in [0.05, 0.1) is 13.2 Å². The molecule has 0 spiro atoms. The number of carbonyl (C=O) groups excluding carboxylic acids is 1. The number of rotatable bonds is 6. The Kier molecular flexibility index (Phi) is 7.24. The van der Waals surface area contributed by atoms with Crippen molar-refractivity contribution in [3.63, 3.8) is 0 Å². The first-order valence-electron chi connectivity index (χ1n) is 11.9. The van der Waals surface area contributed by atoms with E-state index in [1.807, 2.05) is 0 Å². The molecule has 1 aliphatic heterocycles. The van der Waals surface area contributed by atoms with Crippen LogP contribution in [-0.2, 0) is 27.2 Å². The number of aryl methyl sites for hydroxylation is 1. The zero-order chi connectivity index (χ0) is 24.3. The van der Waals surface area contributed by atoms with Gasteiger partial charge in [-0.05, 0) is 61.4 Å². The largest absolute Gasteiger partial charge is 0.480 e. The summed E-state index contributed by atoms with van der Waals surface area (Å²) in [5.74, 6) is -1.36. The van der Waals surface area contributed by atoms with Gasteiger partial charge in [0.2, 0.25) is 0 Å². The lowest BCUT2D eigenvalue weighted by molar-refractivity contribution is -0.140. The second-order valence-corrected chi connectivity index (χ2v) is 10.1. The van der Waals surface area contributed by atoms with Crippen LogP contribution in [0.25, 0.3) is 11.1 Å². The minimum Gasteiger partial charge on any atom is -0.480 e. The Morgan fingerprint density at radius 1 is 1.12 bits per heavy atom. The van der Waals surface area contributed by atoms with Crippen LogP contribution in [0.4, 0.5) is 4.79 Å². The summed E-state index contributed by atoms with van der Waals surface area (Å²) in [6.07, 6.45) is 0.753. The van der Waals surface area contributed by atoms with Gasteiger partial charge in [-0.25, -0.2) is 9.59 Å². The van der Waals surface area contributed by atoms with Crippen molar-refractivity contribution in [3.05, 3.63) is 59.2 Å². The summed E-state index contributed by atoms with van der Waals surface area (Å²) in [7, 11) is 0. The van der Waals surface area contributed by atoms with E-state index < -0.39 is 23.7 Å². The van der Waals surface area contributed by atoms with E-state index in [1.54, 1.807) is 20.8 Å². The van der Waals surface area contributed by atoms with E-state index in [2.05, 4.69) is 52.7 Å². The van der Waals surface area contributed by atoms with Crippen molar-refractivity contribution < 1.29 is 24.2 Å². The summed E-state index contributed by atoms with van der Waals surface area (Å²) in [4.78, 5) is 26.8. The number of nitrogens with zero attached hydrogens (tertiary/aromatic N) is 1. The Hall–Kier alpha value is -2.90. The van der Waals surface area contributed by atoms with Gasteiger partial charge >= 0.3 is 12.1 Å². The molecule has 1 fully saturated rings. The molecule has 2 aliphatic rings. The number of carboxylic acids is 1. The van der Waals surface area contributed by atoms with Crippen LogP contribution < -0.4 is 5.32 Å². The van der Waals surface area contributed by atoms with Crippen LogP contribution >= 0.6 is 0 Å². The second-order valence-electron chi connectivity index (χ2n) is 10.1. The second kappa shape index (κ2) is 10.2. The van der Waals surface area contributed by atoms with Crippen molar-refractivity contribution in [2.45, 2.75) is 57.7 Å². The third-order valence-electron chi connectivity index (χ3n) is 6.41. The van der Waals surface area contributed by atoms with Gasteiger partial charge in [-0.15, -0.1) is 0 Å². The molecule has 1 aliphatic carbocycles. The number of amides is 1. The zero-order valence-electron chi connectivity index (χ0n) is 20.2. The number of ether oxygens (including phenoxy) is 2. The fourth-order valence-electron chi connectivity index (χ4n) is 4.75. The zero-order valence-corrected chi connectivity index (χ0v) is 20.2. The molecule has 0 aromatic heterocycles. The summed E-state index contributed by atoms with van der Waals surface area (Å²) < 4.78 is 10.7. The molecular weight excluding hydrogens is 432 g/mol. The average molecular weight is 467 g/mol. The molecule has 1 heterocycles. The molecule has 2 N–H and O–H groups in total.